The summed E-state index contributed by atoms with van der Waals surface area (Å²) in [4.78, 5) is 22.8. The largest absolute Gasteiger partial charge is 0.480 e. The Morgan fingerprint density at radius 3 is 2.43 bits per heavy atom. The number of hydrogen-bond acceptors (Lipinski definition) is 4. The number of benzene rings is 1. The summed E-state index contributed by atoms with van der Waals surface area (Å²) in [6.45, 7) is 6.09. The van der Waals surface area contributed by atoms with Crippen molar-refractivity contribution in [3.63, 3.8) is 0 Å². The van der Waals surface area contributed by atoms with Gasteiger partial charge in [-0.25, -0.2) is 9.59 Å². The van der Waals surface area contributed by atoms with Crippen molar-refractivity contribution >= 4 is 23.8 Å². The van der Waals surface area contributed by atoms with Crippen LogP contribution in [0.25, 0.3) is 0 Å². The summed E-state index contributed by atoms with van der Waals surface area (Å²) in [7, 11) is 0. The Morgan fingerprint density at radius 1 is 1.29 bits per heavy atom. The van der Waals surface area contributed by atoms with Crippen LogP contribution in [0.5, 0.6) is 0 Å². The van der Waals surface area contributed by atoms with Crippen LogP contribution in [0.3, 0.4) is 0 Å². The molecule has 0 saturated carbocycles. The predicted molar refractivity (Wildman–Crippen MR) is 83.4 cm³/mol. The van der Waals surface area contributed by atoms with E-state index in [4.69, 9.17) is 9.84 Å². The Balaban J connectivity index is 2.43. The second-order valence-electron chi connectivity index (χ2n) is 5.52. The molecule has 0 aliphatic heterocycles. The number of carboxylic acids is 1. The molecule has 21 heavy (non-hydrogen) atoms. The Kier molecular flexibility index (Phi) is 6.55. The minimum absolute atomic E-state index is 0.0661. The molecule has 0 unspecified atom stereocenters. The fourth-order valence-electron chi connectivity index (χ4n) is 1.42. The lowest BCUT2D eigenvalue weighted by molar-refractivity contribution is -0.138. The van der Waals surface area contributed by atoms with Crippen molar-refractivity contribution in [2.24, 2.45) is 0 Å². The fraction of sp³-hybridized carbons (Fsp3) is 0.467. The third kappa shape index (κ3) is 7.60. The van der Waals surface area contributed by atoms with Crippen molar-refractivity contribution in [1.29, 1.82) is 0 Å². The van der Waals surface area contributed by atoms with Gasteiger partial charge in [0.15, 0.2) is 0 Å². The highest BCUT2D eigenvalue weighted by Crippen LogP contribution is 2.23. The maximum atomic E-state index is 11.6. The van der Waals surface area contributed by atoms with Crippen molar-refractivity contribution in [3.8, 4) is 0 Å². The number of alkyl carbamates (subject to hydrolysis) is 1. The van der Waals surface area contributed by atoms with E-state index in [1.54, 1.807) is 0 Å². The van der Waals surface area contributed by atoms with Gasteiger partial charge >= 0.3 is 12.1 Å². The number of carbonyl (C=O) groups is 2. The minimum atomic E-state index is -1.07. The van der Waals surface area contributed by atoms with E-state index in [2.05, 4.69) is 5.32 Å². The van der Waals surface area contributed by atoms with Gasteiger partial charge in [0, 0.05) is 10.5 Å². The van der Waals surface area contributed by atoms with Crippen LogP contribution in [0, 0.1) is 0 Å². The summed E-state index contributed by atoms with van der Waals surface area (Å²) in [5.41, 5.74) is 0.851. The molecule has 1 aromatic rings. The van der Waals surface area contributed by atoms with E-state index in [1.807, 2.05) is 51.1 Å². The van der Waals surface area contributed by atoms with E-state index < -0.39 is 18.1 Å². The lowest BCUT2D eigenvalue weighted by Gasteiger charge is -2.21. The van der Waals surface area contributed by atoms with Crippen molar-refractivity contribution in [1.82, 2.24) is 5.32 Å². The summed E-state index contributed by atoms with van der Waals surface area (Å²) in [6, 6.07) is 8.26. The van der Waals surface area contributed by atoms with E-state index >= 15 is 0 Å². The Bertz CT molecular complexity index is 470. The number of hydrogen-bond donors (Lipinski definition) is 2. The summed E-state index contributed by atoms with van der Waals surface area (Å²) in [5.74, 6) is -0.775. The number of amides is 1. The van der Waals surface area contributed by atoms with Gasteiger partial charge in [-0.05, 0) is 5.56 Å². The van der Waals surface area contributed by atoms with Gasteiger partial charge < -0.3 is 15.2 Å². The minimum Gasteiger partial charge on any atom is -0.480 e. The summed E-state index contributed by atoms with van der Waals surface area (Å²) >= 11 is 1.48. The fourth-order valence-corrected chi connectivity index (χ4v) is 2.31. The van der Waals surface area contributed by atoms with Crippen LogP contribution < -0.4 is 5.32 Å². The maximum absolute atomic E-state index is 11.6. The molecular weight excluding hydrogens is 290 g/mol. The topological polar surface area (TPSA) is 75.6 Å². The third-order valence-corrected chi connectivity index (χ3v) is 3.85. The van der Waals surface area contributed by atoms with Gasteiger partial charge in [0.1, 0.15) is 12.6 Å². The summed E-state index contributed by atoms with van der Waals surface area (Å²) in [6.07, 6.45) is -0.722. The lowest BCUT2D eigenvalue weighted by atomic mass is 10.2. The normalized spacial score (nSPS) is 12.5. The van der Waals surface area contributed by atoms with Crippen LogP contribution in [-0.4, -0.2) is 33.7 Å². The molecule has 1 aromatic carbocycles. The van der Waals surface area contributed by atoms with Crippen molar-refractivity contribution in [3.05, 3.63) is 35.9 Å². The average molecular weight is 311 g/mol. The van der Waals surface area contributed by atoms with Crippen LogP contribution in [0.15, 0.2) is 30.3 Å². The van der Waals surface area contributed by atoms with Gasteiger partial charge in [0.2, 0.25) is 0 Å². The second-order valence-corrected chi connectivity index (χ2v) is 7.37. The number of nitrogens with one attached hydrogen (secondary N) is 1. The van der Waals surface area contributed by atoms with Gasteiger partial charge in [-0.1, -0.05) is 51.1 Å². The van der Waals surface area contributed by atoms with Crippen molar-refractivity contribution < 1.29 is 19.4 Å². The number of carbonyl (C=O) groups excluding carboxylic acids is 1. The predicted octanol–water partition coefficient (Wildman–Crippen LogP) is 2.90. The molecule has 2 N–H and O–H groups in total. The zero-order chi connectivity index (χ0) is 15.9. The second kappa shape index (κ2) is 7.93. The Hall–Kier alpha value is -1.69. The molecular formula is C15H21NO4S. The Labute approximate surface area is 129 Å². The molecule has 5 nitrogen and oxygen atoms in total. The van der Waals surface area contributed by atoms with Crippen LogP contribution in [0.1, 0.15) is 26.3 Å². The van der Waals surface area contributed by atoms with E-state index in [0.29, 0.717) is 5.75 Å². The molecule has 1 atom stereocenters. The average Bonchev–Trinajstić information content (AvgIpc) is 2.41. The zero-order valence-electron chi connectivity index (χ0n) is 12.5. The molecule has 0 fully saturated rings. The van der Waals surface area contributed by atoms with Gasteiger partial charge in [-0.2, -0.15) is 11.8 Å². The number of ether oxygens (including phenoxy) is 1. The third-order valence-electron chi connectivity index (χ3n) is 2.49. The molecule has 1 amide bonds. The SMILES string of the molecule is CC(C)(C)SC[C@@H](NC(=O)OCc1ccccc1)C(=O)O. The highest BCUT2D eigenvalue weighted by atomic mass is 32.2. The molecule has 0 heterocycles. The number of thioether (sulfide) groups is 1. The van der Waals surface area contributed by atoms with Crippen LogP contribution in [0.2, 0.25) is 0 Å². The summed E-state index contributed by atoms with van der Waals surface area (Å²) in [5, 5.41) is 11.5. The summed E-state index contributed by atoms with van der Waals surface area (Å²) < 4.78 is 4.95. The van der Waals surface area contributed by atoms with E-state index in [-0.39, 0.29) is 11.4 Å². The molecule has 0 aromatic heterocycles. The number of aliphatic carboxylic acids is 1. The van der Waals surface area contributed by atoms with E-state index in [0.717, 1.165) is 5.56 Å². The number of carboxylic acid groups (broad SMARTS) is 1. The molecule has 0 aliphatic rings. The van der Waals surface area contributed by atoms with Gasteiger partial charge in [0.05, 0.1) is 0 Å². The molecule has 116 valence electrons. The quantitative estimate of drug-likeness (QED) is 0.845. The molecule has 0 aliphatic carbocycles. The molecule has 0 radical (unpaired) electrons. The molecule has 0 bridgehead atoms. The Morgan fingerprint density at radius 2 is 1.90 bits per heavy atom. The van der Waals surface area contributed by atoms with Crippen molar-refractivity contribution in [2.45, 2.75) is 38.2 Å². The first-order valence-corrected chi connectivity index (χ1v) is 7.60. The molecule has 0 saturated heterocycles. The molecule has 6 heteroatoms. The maximum Gasteiger partial charge on any atom is 0.408 e. The van der Waals surface area contributed by atoms with E-state index in [9.17, 15) is 9.59 Å². The molecule has 1 rings (SSSR count). The first-order valence-electron chi connectivity index (χ1n) is 6.62. The lowest BCUT2D eigenvalue weighted by Crippen LogP contribution is -2.43. The first kappa shape index (κ1) is 17.4. The standard InChI is InChI=1S/C15H21NO4S/c1-15(2,3)21-10-12(13(17)18)16-14(19)20-9-11-7-5-4-6-8-11/h4-8,12H,9-10H2,1-3H3,(H,16,19)(H,17,18)/t12-/m1/s1. The first-order chi connectivity index (χ1) is 9.78. The highest BCUT2D eigenvalue weighted by molar-refractivity contribution is 8.00. The van der Waals surface area contributed by atoms with Gasteiger partial charge in [0.25, 0.3) is 0 Å². The zero-order valence-corrected chi connectivity index (χ0v) is 13.3. The van der Waals surface area contributed by atoms with E-state index in [1.165, 1.54) is 11.8 Å². The molecule has 0 spiro atoms. The van der Waals surface area contributed by atoms with Crippen LogP contribution in [-0.2, 0) is 16.1 Å². The van der Waals surface area contributed by atoms with Gasteiger partial charge in [-0.15, -0.1) is 0 Å². The monoisotopic (exact) mass is 311 g/mol. The van der Waals surface area contributed by atoms with Crippen LogP contribution >= 0.6 is 11.8 Å². The van der Waals surface area contributed by atoms with Crippen molar-refractivity contribution in [2.75, 3.05) is 5.75 Å². The van der Waals surface area contributed by atoms with Gasteiger partial charge in [-0.3, -0.25) is 0 Å². The number of rotatable bonds is 6. The smallest absolute Gasteiger partial charge is 0.408 e. The van der Waals surface area contributed by atoms with Crippen LogP contribution in [0.4, 0.5) is 4.79 Å². The highest BCUT2D eigenvalue weighted by Gasteiger charge is 2.23.